The normalized spacial score (nSPS) is 21.4. The quantitative estimate of drug-likeness (QED) is 0.567. The molecule has 0 rings (SSSR count). The van der Waals surface area contributed by atoms with E-state index in [2.05, 4.69) is 0 Å². The molecule has 0 aromatic carbocycles. The SMILES string of the molecule is CC(C)(O)C(C)(O)CCC(C)(O)C(C)(C)O. The van der Waals surface area contributed by atoms with E-state index >= 15 is 0 Å². The summed E-state index contributed by atoms with van der Waals surface area (Å²) in [5.41, 5.74) is -5.10. The van der Waals surface area contributed by atoms with Crippen LogP contribution in [0.25, 0.3) is 0 Å². The predicted octanol–water partition coefficient (Wildman–Crippen LogP) is 0.810. The number of hydrogen-bond acceptors (Lipinski definition) is 4. The van der Waals surface area contributed by atoms with Crippen molar-refractivity contribution in [3.05, 3.63) is 0 Å². The Morgan fingerprint density at radius 1 is 0.562 bits per heavy atom. The second-order valence-corrected chi connectivity index (χ2v) is 6.17. The number of aliphatic hydroxyl groups is 4. The second-order valence-electron chi connectivity index (χ2n) is 6.17. The summed E-state index contributed by atoms with van der Waals surface area (Å²) in [5, 5.41) is 39.6. The van der Waals surface area contributed by atoms with Gasteiger partial charge in [0.1, 0.15) is 0 Å². The van der Waals surface area contributed by atoms with Gasteiger partial charge in [-0.3, -0.25) is 0 Å². The minimum absolute atomic E-state index is 0.202. The van der Waals surface area contributed by atoms with Crippen LogP contribution < -0.4 is 0 Å². The van der Waals surface area contributed by atoms with Gasteiger partial charge in [0, 0.05) is 0 Å². The third kappa shape index (κ3) is 3.70. The van der Waals surface area contributed by atoms with Crippen LogP contribution in [0.1, 0.15) is 54.4 Å². The fraction of sp³-hybridized carbons (Fsp3) is 1.00. The van der Waals surface area contributed by atoms with Crippen LogP contribution in [0.3, 0.4) is 0 Å². The maximum Gasteiger partial charge on any atom is 0.0901 e. The first-order chi connectivity index (χ1) is 6.71. The van der Waals surface area contributed by atoms with Crippen molar-refractivity contribution in [2.24, 2.45) is 0 Å². The Kier molecular flexibility index (Phi) is 4.21. The first-order valence-electron chi connectivity index (χ1n) is 5.60. The zero-order valence-corrected chi connectivity index (χ0v) is 11.2. The van der Waals surface area contributed by atoms with Crippen molar-refractivity contribution in [1.29, 1.82) is 0 Å². The molecule has 0 radical (unpaired) electrons. The maximum atomic E-state index is 10.0. The zero-order chi connectivity index (χ0) is 13.4. The van der Waals surface area contributed by atoms with Gasteiger partial charge in [0.2, 0.25) is 0 Å². The van der Waals surface area contributed by atoms with Crippen molar-refractivity contribution in [3.63, 3.8) is 0 Å². The van der Waals surface area contributed by atoms with Crippen LogP contribution in [0.5, 0.6) is 0 Å². The Bertz CT molecular complexity index is 204. The van der Waals surface area contributed by atoms with Crippen molar-refractivity contribution in [1.82, 2.24) is 0 Å². The molecule has 2 atom stereocenters. The lowest BCUT2D eigenvalue weighted by Gasteiger charge is -2.41. The molecule has 0 saturated carbocycles. The summed E-state index contributed by atoms with van der Waals surface area (Å²) in [4.78, 5) is 0. The van der Waals surface area contributed by atoms with Crippen LogP contribution in [0.2, 0.25) is 0 Å². The molecule has 0 aliphatic rings. The van der Waals surface area contributed by atoms with Gasteiger partial charge in [-0.1, -0.05) is 0 Å². The van der Waals surface area contributed by atoms with Crippen LogP contribution in [-0.2, 0) is 0 Å². The van der Waals surface area contributed by atoms with Gasteiger partial charge in [0.15, 0.2) is 0 Å². The lowest BCUT2D eigenvalue weighted by atomic mass is 9.77. The Morgan fingerprint density at radius 3 is 0.875 bits per heavy atom. The topological polar surface area (TPSA) is 80.9 Å². The summed E-state index contributed by atoms with van der Waals surface area (Å²) in [6.07, 6.45) is 0.404. The van der Waals surface area contributed by atoms with E-state index in [-0.39, 0.29) is 12.8 Å². The summed E-state index contributed by atoms with van der Waals surface area (Å²) in [6, 6.07) is 0. The fourth-order valence-corrected chi connectivity index (χ4v) is 1.10. The Hall–Kier alpha value is -0.160. The first kappa shape index (κ1) is 15.8. The highest BCUT2D eigenvalue weighted by Crippen LogP contribution is 2.33. The maximum absolute atomic E-state index is 10.0. The third-order valence-electron chi connectivity index (χ3n) is 3.73. The number of hydrogen-bond donors (Lipinski definition) is 4. The molecule has 0 aromatic rings. The fourth-order valence-electron chi connectivity index (χ4n) is 1.10. The average molecular weight is 234 g/mol. The molecular weight excluding hydrogens is 208 g/mol. The van der Waals surface area contributed by atoms with E-state index in [9.17, 15) is 20.4 Å². The van der Waals surface area contributed by atoms with Gasteiger partial charge in [-0.25, -0.2) is 0 Å². The molecule has 0 amide bonds. The summed E-state index contributed by atoms with van der Waals surface area (Å²) in [5.74, 6) is 0. The van der Waals surface area contributed by atoms with E-state index in [1.807, 2.05) is 0 Å². The highest BCUT2D eigenvalue weighted by Gasteiger charge is 2.43. The molecule has 0 aromatic heterocycles. The molecule has 0 bridgehead atoms. The first-order valence-corrected chi connectivity index (χ1v) is 5.60. The molecular formula is C12H26O4. The average Bonchev–Trinajstić information content (AvgIpc) is 1.97. The van der Waals surface area contributed by atoms with Crippen molar-refractivity contribution in [2.45, 2.75) is 76.8 Å². The Balaban J connectivity index is 4.59. The van der Waals surface area contributed by atoms with Gasteiger partial charge >= 0.3 is 0 Å². The molecule has 2 unspecified atom stereocenters. The van der Waals surface area contributed by atoms with Gasteiger partial charge in [0.05, 0.1) is 22.4 Å². The van der Waals surface area contributed by atoms with Crippen LogP contribution >= 0.6 is 0 Å². The zero-order valence-electron chi connectivity index (χ0n) is 11.2. The minimum Gasteiger partial charge on any atom is -0.387 e. The van der Waals surface area contributed by atoms with E-state index in [1.54, 1.807) is 0 Å². The third-order valence-corrected chi connectivity index (χ3v) is 3.73. The molecule has 4 nitrogen and oxygen atoms in total. The van der Waals surface area contributed by atoms with E-state index in [1.165, 1.54) is 41.5 Å². The lowest BCUT2D eigenvalue weighted by Crippen LogP contribution is -2.52. The van der Waals surface area contributed by atoms with Crippen LogP contribution in [0, 0.1) is 0 Å². The second kappa shape index (κ2) is 4.26. The Labute approximate surface area is 97.9 Å². The van der Waals surface area contributed by atoms with Crippen LogP contribution in [-0.4, -0.2) is 42.8 Å². The van der Waals surface area contributed by atoms with Gasteiger partial charge in [-0.2, -0.15) is 0 Å². The van der Waals surface area contributed by atoms with E-state index in [0.29, 0.717) is 0 Å². The van der Waals surface area contributed by atoms with E-state index in [4.69, 9.17) is 0 Å². The van der Waals surface area contributed by atoms with Crippen molar-refractivity contribution in [3.8, 4) is 0 Å². The molecule has 4 heteroatoms. The molecule has 16 heavy (non-hydrogen) atoms. The van der Waals surface area contributed by atoms with Crippen molar-refractivity contribution in [2.75, 3.05) is 0 Å². The van der Waals surface area contributed by atoms with Gasteiger partial charge < -0.3 is 20.4 Å². The summed E-state index contributed by atoms with van der Waals surface area (Å²) < 4.78 is 0. The van der Waals surface area contributed by atoms with E-state index < -0.39 is 22.4 Å². The highest BCUT2D eigenvalue weighted by atomic mass is 16.4. The standard InChI is InChI=1S/C12H26O4/c1-9(2,13)11(5,15)7-8-12(6,16)10(3,4)14/h13-16H,7-8H2,1-6H3. The molecule has 0 aliphatic heterocycles. The minimum atomic E-state index is -1.30. The molecule has 0 spiro atoms. The Morgan fingerprint density at radius 2 is 0.750 bits per heavy atom. The summed E-state index contributed by atoms with van der Waals surface area (Å²) in [7, 11) is 0. The molecule has 0 heterocycles. The van der Waals surface area contributed by atoms with Gasteiger partial charge in [-0.15, -0.1) is 0 Å². The predicted molar refractivity (Wildman–Crippen MR) is 63.1 cm³/mol. The van der Waals surface area contributed by atoms with Crippen LogP contribution in [0.4, 0.5) is 0 Å². The molecule has 0 saturated heterocycles. The summed E-state index contributed by atoms with van der Waals surface area (Å²) in [6.45, 7) is 9.12. The lowest BCUT2D eigenvalue weighted by molar-refractivity contribution is -0.157. The van der Waals surface area contributed by atoms with Crippen LogP contribution in [0.15, 0.2) is 0 Å². The summed E-state index contributed by atoms with van der Waals surface area (Å²) >= 11 is 0. The smallest absolute Gasteiger partial charge is 0.0901 e. The molecule has 4 N–H and O–H groups in total. The highest BCUT2D eigenvalue weighted by molar-refractivity contribution is 4.95. The molecule has 0 aliphatic carbocycles. The van der Waals surface area contributed by atoms with Crippen molar-refractivity contribution < 1.29 is 20.4 Å². The van der Waals surface area contributed by atoms with Gasteiger partial charge in [0.25, 0.3) is 0 Å². The molecule has 0 fully saturated rings. The monoisotopic (exact) mass is 234 g/mol. The van der Waals surface area contributed by atoms with E-state index in [0.717, 1.165) is 0 Å². The van der Waals surface area contributed by atoms with Crippen molar-refractivity contribution >= 4 is 0 Å². The number of rotatable bonds is 5. The largest absolute Gasteiger partial charge is 0.387 e. The molecule has 98 valence electrons. The van der Waals surface area contributed by atoms with Gasteiger partial charge in [-0.05, 0) is 54.4 Å².